The Morgan fingerprint density at radius 1 is 1.53 bits per heavy atom. The van der Waals surface area contributed by atoms with Gasteiger partial charge in [-0.3, -0.25) is 15.1 Å². The smallest absolute Gasteiger partial charge is 0.231 e. The molecule has 0 saturated carbocycles. The summed E-state index contributed by atoms with van der Waals surface area (Å²) in [6, 6.07) is -0.662. The Bertz CT molecular complexity index is 431. The molecular formula is C7H8N6O2. The predicted molar refractivity (Wildman–Crippen MR) is 51.9 cm³/mol. The van der Waals surface area contributed by atoms with Crippen molar-refractivity contribution in [3.8, 4) is 0 Å². The average molecular weight is 208 g/mol. The standard InChI is InChI=1S/C7H8N6O2/c8-7-11-4(3-13(14)15)5-6(12-7)10-2-1-9-5/h1-2,4H,3H2,(H3,8,10,11,12). The zero-order valence-electron chi connectivity index (χ0n) is 7.62. The second-order valence-electron chi connectivity index (χ2n) is 2.96. The van der Waals surface area contributed by atoms with Crippen molar-refractivity contribution in [2.45, 2.75) is 6.04 Å². The second-order valence-corrected chi connectivity index (χ2v) is 2.96. The fourth-order valence-corrected chi connectivity index (χ4v) is 1.34. The van der Waals surface area contributed by atoms with Crippen LogP contribution in [0.5, 0.6) is 0 Å². The summed E-state index contributed by atoms with van der Waals surface area (Å²) in [6.45, 7) is -0.339. The molecule has 0 radical (unpaired) electrons. The molecule has 0 bridgehead atoms. The number of rotatable bonds is 2. The summed E-state index contributed by atoms with van der Waals surface area (Å²) in [5, 5.41) is 13.1. The number of nitro groups is 1. The summed E-state index contributed by atoms with van der Waals surface area (Å²) in [6.07, 6.45) is 2.94. The summed E-state index contributed by atoms with van der Waals surface area (Å²) < 4.78 is 0. The molecule has 3 N–H and O–H groups in total. The number of hydrogen-bond acceptors (Lipinski definition) is 7. The Kier molecular flexibility index (Phi) is 2.16. The van der Waals surface area contributed by atoms with E-state index in [0.29, 0.717) is 11.5 Å². The third-order valence-corrected chi connectivity index (χ3v) is 1.91. The van der Waals surface area contributed by atoms with E-state index in [4.69, 9.17) is 5.73 Å². The highest BCUT2D eigenvalue weighted by molar-refractivity contribution is 5.93. The molecule has 78 valence electrons. The molecule has 15 heavy (non-hydrogen) atoms. The van der Waals surface area contributed by atoms with Gasteiger partial charge in [0, 0.05) is 17.3 Å². The van der Waals surface area contributed by atoms with Gasteiger partial charge in [0.15, 0.2) is 17.8 Å². The van der Waals surface area contributed by atoms with Crippen molar-refractivity contribution in [2.75, 3.05) is 11.9 Å². The number of hydrogen-bond donors (Lipinski definition) is 2. The fourth-order valence-electron chi connectivity index (χ4n) is 1.34. The van der Waals surface area contributed by atoms with Gasteiger partial charge in [-0.1, -0.05) is 0 Å². The van der Waals surface area contributed by atoms with Crippen molar-refractivity contribution in [1.82, 2.24) is 9.97 Å². The van der Waals surface area contributed by atoms with E-state index < -0.39 is 11.0 Å². The lowest BCUT2D eigenvalue weighted by Crippen LogP contribution is -2.31. The molecule has 8 nitrogen and oxygen atoms in total. The van der Waals surface area contributed by atoms with E-state index in [1.807, 2.05) is 0 Å². The van der Waals surface area contributed by atoms with E-state index in [0.717, 1.165) is 0 Å². The first kappa shape index (κ1) is 9.31. The zero-order chi connectivity index (χ0) is 10.8. The van der Waals surface area contributed by atoms with Crippen LogP contribution in [0.25, 0.3) is 0 Å². The molecule has 2 heterocycles. The van der Waals surface area contributed by atoms with Crippen LogP contribution >= 0.6 is 0 Å². The van der Waals surface area contributed by atoms with Gasteiger partial charge in [0.2, 0.25) is 6.54 Å². The second kappa shape index (κ2) is 3.48. The van der Waals surface area contributed by atoms with E-state index in [1.165, 1.54) is 12.4 Å². The summed E-state index contributed by atoms with van der Waals surface area (Å²) in [5.41, 5.74) is 5.91. The Morgan fingerprint density at radius 2 is 2.27 bits per heavy atom. The van der Waals surface area contributed by atoms with E-state index in [9.17, 15) is 10.1 Å². The largest absolute Gasteiger partial charge is 0.370 e. The Morgan fingerprint density at radius 3 is 3.00 bits per heavy atom. The molecule has 2 rings (SSSR count). The number of aliphatic imine (C=N–C) groups is 1. The number of nitrogens with one attached hydrogen (secondary N) is 1. The van der Waals surface area contributed by atoms with Gasteiger partial charge in [0.1, 0.15) is 5.69 Å². The van der Waals surface area contributed by atoms with Gasteiger partial charge in [-0.05, 0) is 0 Å². The first-order chi connectivity index (χ1) is 7.16. The number of nitrogens with two attached hydrogens (primary N) is 1. The molecule has 8 heteroatoms. The quantitative estimate of drug-likeness (QED) is 0.501. The maximum atomic E-state index is 10.4. The van der Waals surface area contributed by atoms with E-state index in [1.54, 1.807) is 0 Å². The summed E-state index contributed by atoms with van der Waals surface area (Å²) in [5.74, 6) is 0.548. The Labute approximate surface area is 84.4 Å². The van der Waals surface area contributed by atoms with Crippen molar-refractivity contribution in [3.63, 3.8) is 0 Å². The van der Waals surface area contributed by atoms with Crippen LogP contribution in [0.15, 0.2) is 17.4 Å². The van der Waals surface area contributed by atoms with Crippen LogP contribution < -0.4 is 11.1 Å². The fraction of sp³-hybridized carbons (Fsp3) is 0.286. The highest BCUT2D eigenvalue weighted by atomic mass is 16.6. The van der Waals surface area contributed by atoms with Crippen LogP contribution in [0.3, 0.4) is 0 Å². The summed E-state index contributed by atoms with van der Waals surface area (Å²) in [4.78, 5) is 21.8. The highest BCUT2D eigenvalue weighted by Crippen LogP contribution is 2.24. The molecule has 1 atom stereocenters. The normalized spacial score (nSPS) is 18.7. The predicted octanol–water partition coefficient (Wildman–Crippen LogP) is -0.465. The molecule has 1 aliphatic rings. The van der Waals surface area contributed by atoms with Crippen molar-refractivity contribution >= 4 is 11.8 Å². The van der Waals surface area contributed by atoms with Crippen LogP contribution in [-0.4, -0.2) is 27.4 Å². The topological polar surface area (TPSA) is 119 Å². The molecule has 0 amide bonds. The van der Waals surface area contributed by atoms with Crippen molar-refractivity contribution in [2.24, 2.45) is 10.7 Å². The monoisotopic (exact) mass is 208 g/mol. The SMILES string of the molecule is NC1=NC(C[N+](=O)[O-])c2nccnc2N1. The van der Waals surface area contributed by atoms with E-state index in [2.05, 4.69) is 20.3 Å². The molecular weight excluding hydrogens is 200 g/mol. The average Bonchev–Trinajstić information content (AvgIpc) is 2.16. The van der Waals surface area contributed by atoms with Crippen LogP contribution in [-0.2, 0) is 0 Å². The number of aromatic nitrogens is 2. The number of fused-ring (bicyclic) bond motifs is 1. The van der Waals surface area contributed by atoms with E-state index in [-0.39, 0.29) is 12.5 Å². The molecule has 0 aliphatic carbocycles. The number of guanidine groups is 1. The van der Waals surface area contributed by atoms with Crippen molar-refractivity contribution in [1.29, 1.82) is 0 Å². The zero-order valence-corrected chi connectivity index (χ0v) is 7.62. The van der Waals surface area contributed by atoms with Gasteiger partial charge >= 0.3 is 0 Å². The minimum atomic E-state index is -0.662. The minimum Gasteiger partial charge on any atom is -0.370 e. The third-order valence-electron chi connectivity index (χ3n) is 1.91. The van der Waals surface area contributed by atoms with Crippen molar-refractivity contribution in [3.05, 3.63) is 28.2 Å². The molecule has 0 saturated heterocycles. The van der Waals surface area contributed by atoms with Crippen molar-refractivity contribution < 1.29 is 4.92 Å². The lowest BCUT2D eigenvalue weighted by Gasteiger charge is -2.18. The number of anilines is 1. The molecule has 1 aromatic rings. The number of nitrogens with zero attached hydrogens (tertiary/aromatic N) is 4. The molecule has 1 aromatic heterocycles. The van der Waals surface area contributed by atoms with Gasteiger partial charge in [0.05, 0.1) is 0 Å². The Balaban J connectivity index is 2.36. The van der Waals surface area contributed by atoms with Gasteiger partial charge in [0.25, 0.3) is 0 Å². The van der Waals surface area contributed by atoms with Crippen LogP contribution in [0.1, 0.15) is 11.7 Å². The first-order valence-corrected chi connectivity index (χ1v) is 4.20. The minimum absolute atomic E-state index is 0.120. The Hall–Kier alpha value is -2.25. The van der Waals surface area contributed by atoms with Crippen LogP contribution in [0.2, 0.25) is 0 Å². The molecule has 0 spiro atoms. The van der Waals surface area contributed by atoms with Gasteiger partial charge < -0.3 is 11.1 Å². The maximum Gasteiger partial charge on any atom is 0.231 e. The van der Waals surface area contributed by atoms with Crippen LogP contribution in [0.4, 0.5) is 5.82 Å². The molecule has 1 unspecified atom stereocenters. The van der Waals surface area contributed by atoms with Gasteiger partial charge in [-0.25, -0.2) is 9.98 Å². The molecule has 0 fully saturated rings. The van der Waals surface area contributed by atoms with E-state index >= 15 is 0 Å². The summed E-state index contributed by atoms with van der Waals surface area (Å²) in [7, 11) is 0. The van der Waals surface area contributed by atoms with Gasteiger partial charge in [-0.15, -0.1) is 0 Å². The van der Waals surface area contributed by atoms with Crippen LogP contribution in [0, 0.1) is 10.1 Å². The lowest BCUT2D eigenvalue weighted by atomic mass is 10.2. The summed E-state index contributed by atoms with van der Waals surface area (Å²) >= 11 is 0. The lowest BCUT2D eigenvalue weighted by molar-refractivity contribution is -0.483. The first-order valence-electron chi connectivity index (χ1n) is 4.20. The maximum absolute atomic E-state index is 10.4. The van der Waals surface area contributed by atoms with Gasteiger partial charge in [-0.2, -0.15) is 0 Å². The highest BCUT2D eigenvalue weighted by Gasteiger charge is 2.26. The third kappa shape index (κ3) is 1.82. The molecule has 1 aliphatic heterocycles. The molecule has 0 aromatic carbocycles.